The van der Waals surface area contributed by atoms with Gasteiger partial charge in [-0.25, -0.2) is 8.78 Å². The molecule has 0 aromatic rings. The fourth-order valence-corrected chi connectivity index (χ4v) is 3.47. The Morgan fingerprint density at radius 1 is 1.10 bits per heavy atom. The number of hydrogen-bond donors (Lipinski definition) is 2. The number of nitrogens with one attached hydrogen (secondary N) is 1. The van der Waals surface area contributed by atoms with Gasteiger partial charge >= 0.3 is 0 Å². The molecule has 0 saturated heterocycles. The minimum atomic E-state index is -2.58. The summed E-state index contributed by atoms with van der Waals surface area (Å²) in [6.45, 7) is 0.757. The Kier molecular flexibility index (Phi) is 5.35. The topological polar surface area (TPSA) is 49.3 Å². The molecule has 2 aliphatic carbocycles. The molecule has 2 aliphatic rings. The van der Waals surface area contributed by atoms with E-state index in [4.69, 9.17) is 0 Å². The van der Waals surface area contributed by atoms with Crippen LogP contribution in [0, 0.1) is 17.8 Å². The second-order valence-electron chi connectivity index (χ2n) is 6.36. The van der Waals surface area contributed by atoms with Crippen molar-refractivity contribution >= 4 is 5.91 Å². The lowest BCUT2D eigenvalue weighted by Gasteiger charge is -2.32. The van der Waals surface area contributed by atoms with E-state index < -0.39 is 5.92 Å². The minimum Gasteiger partial charge on any atom is -0.396 e. The van der Waals surface area contributed by atoms with Gasteiger partial charge in [0, 0.05) is 31.9 Å². The van der Waals surface area contributed by atoms with Crippen molar-refractivity contribution in [2.75, 3.05) is 13.2 Å². The van der Waals surface area contributed by atoms with E-state index in [1.165, 1.54) is 0 Å². The summed E-state index contributed by atoms with van der Waals surface area (Å²) in [4.78, 5) is 12.0. The van der Waals surface area contributed by atoms with Gasteiger partial charge in [0.15, 0.2) is 0 Å². The third-order valence-electron chi connectivity index (χ3n) is 4.93. The van der Waals surface area contributed by atoms with Gasteiger partial charge in [-0.3, -0.25) is 4.79 Å². The summed E-state index contributed by atoms with van der Waals surface area (Å²) >= 11 is 0. The Bertz CT molecular complexity index is 326. The molecule has 2 atom stereocenters. The van der Waals surface area contributed by atoms with Gasteiger partial charge in [-0.15, -0.1) is 0 Å². The van der Waals surface area contributed by atoms with Crippen LogP contribution in [0.3, 0.4) is 0 Å². The molecular weight excluding hydrogens is 264 g/mol. The first kappa shape index (κ1) is 15.7. The predicted octanol–water partition coefficient (Wildman–Crippen LogP) is 2.73. The number of amides is 1. The van der Waals surface area contributed by atoms with Crippen LogP contribution >= 0.6 is 0 Å². The Morgan fingerprint density at radius 3 is 2.30 bits per heavy atom. The molecule has 2 fully saturated rings. The first-order valence-corrected chi connectivity index (χ1v) is 7.78. The van der Waals surface area contributed by atoms with E-state index in [2.05, 4.69) is 5.32 Å². The minimum absolute atomic E-state index is 0.0808. The summed E-state index contributed by atoms with van der Waals surface area (Å²) in [6, 6.07) is 0. The standard InChI is InChI=1S/C15H25F2NO2/c16-15(17)7-5-11(6-8-15)14(20)18-9-12-3-1-2-4-13(12)10-19/h11-13,19H,1-10H2,(H,18,20). The van der Waals surface area contributed by atoms with E-state index in [1.54, 1.807) is 0 Å². The summed E-state index contributed by atoms with van der Waals surface area (Å²) in [5.74, 6) is -2.31. The maximum Gasteiger partial charge on any atom is 0.248 e. The summed E-state index contributed by atoms with van der Waals surface area (Å²) in [5.41, 5.74) is 0. The van der Waals surface area contributed by atoms with Crippen LogP contribution in [0.25, 0.3) is 0 Å². The highest BCUT2D eigenvalue weighted by Crippen LogP contribution is 2.36. The average molecular weight is 289 g/mol. The largest absolute Gasteiger partial charge is 0.396 e. The van der Waals surface area contributed by atoms with Crippen LogP contribution in [0.1, 0.15) is 51.4 Å². The maximum atomic E-state index is 13.1. The number of aliphatic hydroxyl groups excluding tert-OH is 1. The molecule has 2 saturated carbocycles. The third kappa shape index (κ3) is 4.14. The number of carbonyl (C=O) groups is 1. The van der Waals surface area contributed by atoms with Crippen LogP contribution < -0.4 is 5.32 Å². The molecule has 1 amide bonds. The van der Waals surface area contributed by atoms with Crippen molar-refractivity contribution in [1.82, 2.24) is 5.32 Å². The van der Waals surface area contributed by atoms with Gasteiger partial charge in [-0.05, 0) is 37.5 Å². The molecule has 3 nitrogen and oxygen atoms in total. The molecule has 0 aromatic heterocycles. The lowest BCUT2D eigenvalue weighted by molar-refractivity contribution is -0.129. The smallest absolute Gasteiger partial charge is 0.248 e. The zero-order valence-corrected chi connectivity index (χ0v) is 11.9. The highest BCUT2D eigenvalue weighted by Gasteiger charge is 2.37. The molecule has 0 heterocycles. The average Bonchev–Trinajstić information content (AvgIpc) is 2.45. The summed E-state index contributed by atoms with van der Waals surface area (Å²) < 4.78 is 26.1. The molecule has 20 heavy (non-hydrogen) atoms. The Balaban J connectivity index is 1.74. The monoisotopic (exact) mass is 289 g/mol. The molecule has 0 aliphatic heterocycles. The van der Waals surface area contributed by atoms with Crippen LogP contribution in [-0.2, 0) is 4.79 Å². The van der Waals surface area contributed by atoms with Crippen molar-refractivity contribution in [1.29, 1.82) is 0 Å². The second-order valence-corrected chi connectivity index (χ2v) is 6.36. The van der Waals surface area contributed by atoms with E-state index in [1.807, 2.05) is 0 Å². The van der Waals surface area contributed by atoms with E-state index in [0.29, 0.717) is 12.5 Å². The van der Waals surface area contributed by atoms with E-state index in [0.717, 1.165) is 25.7 Å². The van der Waals surface area contributed by atoms with E-state index >= 15 is 0 Å². The van der Waals surface area contributed by atoms with Crippen molar-refractivity contribution < 1.29 is 18.7 Å². The van der Waals surface area contributed by atoms with Crippen LogP contribution in [0.15, 0.2) is 0 Å². The number of carbonyl (C=O) groups excluding carboxylic acids is 1. The number of rotatable bonds is 4. The molecule has 2 rings (SSSR count). The zero-order chi connectivity index (χ0) is 14.6. The highest BCUT2D eigenvalue weighted by molar-refractivity contribution is 5.78. The maximum absolute atomic E-state index is 13.1. The molecule has 0 bridgehead atoms. The van der Waals surface area contributed by atoms with Gasteiger partial charge < -0.3 is 10.4 Å². The van der Waals surface area contributed by atoms with Gasteiger partial charge in [0.25, 0.3) is 0 Å². The number of alkyl halides is 2. The lowest BCUT2D eigenvalue weighted by Crippen LogP contribution is -2.40. The Hall–Kier alpha value is -0.710. The fraction of sp³-hybridized carbons (Fsp3) is 0.933. The molecule has 0 spiro atoms. The zero-order valence-electron chi connectivity index (χ0n) is 11.9. The number of halogens is 2. The normalized spacial score (nSPS) is 30.9. The van der Waals surface area contributed by atoms with E-state index in [9.17, 15) is 18.7 Å². The van der Waals surface area contributed by atoms with Gasteiger partial charge in [0.2, 0.25) is 11.8 Å². The molecule has 5 heteroatoms. The molecule has 116 valence electrons. The van der Waals surface area contributed by atoms with Crippen molar-refractivity contribution in [2.45, 2.75) is 57.3 Å². The fourth-order valence-electron chi connectivity index (χ4n) is 3.47. The number of aliphatic hydroxyl groups is 1. The lowest BCUT2D eigenvalue weighted by atomic mass is 9.79. The predicted molar refractivity (Wildman–Crippen MR) is 72.4 cm³/mol. The van der Waals surface area contributed by atoms with Gasteiger partial charge in [-0.2, -0.15) is 0 Å². The first-order valence-electron chi connectivity index (χ1n) is 7.78. The first-order chi connectivity index (χ1) is 9.52. The van der Waals surface area contributed by atoms with Crippen molar-refractivity contribution in [3.05, 3.63) is 0 Å². The molecule has 2 unspecified atom stereocenters. The molecule has 2 N–H and O–H groups in total. The Labute approximate surface area is 119 Å². The summed E-state index contributed by atoms with van der Waals surface area (Å²) in [6.07, 6.45) is 4.57. The molecule has 0 aromatic carbocycles. The quantitative estimate of drug-likeness (QED) is 0.836. The molecular formula is C15H25F2NO2. The second kappa shape index (κ2) is 6.83. The van der Waals surface area contributed by atoms with Gasteiger partial charge in [0.1, 0.15) is 0 Å². The van der Waals surface area contributed by atoms with Gasteiger partial charge in [-0.1, -0.05) is 12.8 Å². The van der Waals surface area contributed by atoms with Crippen molar-refractivity contribution in [2.24, 2.45) is 17.8 Å². The third-order valence-corrected chi connectivity index (χ3v) is 4.93. The SMILES string of the molecule is O=C(NCC1CCCCC1CO)C1CCC(F)(F)CC1. The molecule has 0 radical (unpaired) electrons. The van der Waals surface area contributed by atoms with Crippen LogP contribution in [0.2, 0.25) is 0 Å². The van der Waals surface area contributed by atoms with Crippen LogP contribution in [0.4, 0.5) is 8.78 Å². The van der Waals surface area contributed by atoms with E-state index in [-0.39, 0.29) is 50.0 Å². The van der Waals surface area contributed by atoms with Crippen LogP contribution in [-0.4, -0.2) is 30.1 Å². The van der Waals surface area contributed by atoms with Gasteiger partial charge in [0.05, 0.1) is 0 Å². The summed E-state index contributed by atoms with van der Waals surface area (Å²) in [7, 11) is 0. The number of hydrogen-bond acceptors (Lipinski definition) is 2. The van der Waals surface area contributed by atoms with Crippen LogP contribution in [0.5, 0.6) is 0 Å². The summed E-state index contributed by atoms with van der Waals surface area (Å²) in [5, 5.41) is 12.3. The van der Waals surface area contributed by atoms with Crippen molar-refractivity contribution in [3.63, 3.8) is 0 Å². The highest BCUT2D eigenvalue weighted by atomic mass is 19.3. The Morgan fingerprint density at radius 2 is 1.70 bits per heavy atom. The van der Waals surface area contributed by atoms with Crippen molar-refractivity contribution in [3.8, 4) is 0 Å².